The summed E-state index contributed by atoms with van der Waals surface area (Å²) in [4.78, 5) is 39.7. The molecule has 0 aliphatic heterocycles. The molecule has 2 aromatic heterocycles. The summed E-state index contributed by atoms with van der Waals surface area (Å²) >= 11 is 1.23. The van der Waals surface area contributed by atoms with Gasteiger partial charge in [-0.15, -0.1) is 0 Å². The zero-order chi connectivity index (χ0) is 17.4. The van der Waals surface area contributed by atoms with E-state index in [0.29, 0.717) is 28.0 Å². The number of benzene rings is 1. The Labute approximate surface area is 140 Å². The van der Waals surface area contributed by atoms with E-state index >= 15 is 0 Å². The number of carboxylic acids is 1. The Hall–Kier alpha value is -2.74. The largest absolute Gasteiger partial charge is 0.481 e. The first-order valence-corrected chi connectivity index (χ1v) is 8.05. The second-order valence-corrected chi connectivity index (χ2v) is 6.19. The lowest BCUT2D eigenvalue weighted by atomic mass is 10.1. The van der Waals surface area contributed by atoms with Gasteiger partial charge in [-0.3, -0.25) is 14.0 Å². The van der Waals surface area contributed by atoms with Gasteiger partial charge in [0.25, 0.3) is 5.56 Å². The first-order valence-electron chi connectivity index (χ1n) is 7.23. The number of rotatable bonds is 4. The van der Waals surface area contributed by atoms with E-state index in [1.165, 1.54) is 18.4 Å². The molecular weight excluding hydrogens is 332 g/mol. The van der Waals surface area contributed by atoms with Gasteiger partial charge in [-0.1, -0.05) is 24.3 Å². The molecule has 24 heavy (non-hydrogen) atoms. The fraction of sp³-hybridized carbons (Fsp3) is 0.250. The van der Waals surface area contributed by atoms with Crippen LogP contribution in [0.5, 0.6) is 0 Å². The van der Waals surface area contributed by atoms with Crippen molar-refractivity contribution < 1.29 is 19.4 Å². The minimum absolute atomic E-state index is 0.0981. The van der Waals surface area contributed by atoms with E-state index in [1.54, 1.807) is 29.5 Å². The number of thiazole rings is 1. The maximum atomic E-state index is 12.2. The molecule has 0 atom stereocenters. The van der Waals surface area contributed by atoms with E-state index < -0.39 is 17.5 Å². The number of carbonyl (C=O) groups excluding carboxylic acids is 1. The number of methoxy groups -OCH3 is 1. The molecule has 1 aromatic carbocycles. The molecule has 124 valence electrons. The summed E-state index contributed by atoms with van der Waals surface area (Å²) in [5.41, 5.74) is 1.35. The Morgan fingerprint density at radius 1 is 1.38 bits per heavy atom. The fourth-order valence-corrected chi connectivity index (χ4v) is 3.75. The zero-order valence-electron chi connectivity index (χ0n) is 13.0. The highest BCUT2D eigenvalue weighted by Gasteiger charge is 2.22. The molecule has 0 amide bonds. The van der Waals surface area contributed by atoms with Gasteiger partial charge in [0, 0.05) is 0 Å². The van der Waals surface area contributed by atoms with Crippen LogP contribution in [0.2, 0.25) is 0 Å². The smallest absolute Gasteiger partial charge is 0.355 e. The number of carbonyl (C=O) groups is 2. The third kappa shape index (κ3) is 2.54. The SMILES string of the molecule is CCc1c(C(=O)OC)n2c(nc1=O)sc1cc(CC(=O)O)ccc12. The van der Waals surface area contributed by atoms with Crippen molar-refractivity contribution >= 4 is 38.5 Å². The van der Waals surface area contributed by atoms with Crippen LogP contribution in [-0.4, -0.2) is 33.5 Å². The van der Waals surface area contributed by atoms with Crippen LogP contribution in [0.15, 0.2) is 23.0 Å². The van der Waals surface area contributed by atoms with Crippen molar-refractivity contribution in [3.63, 3.8) is 0 Å². The van der Waals surface area contributed by atoms with Crippen LogP contribution in [0.1, 0.15) is 28.5 Å². The van der Waals surface area contributed by atoms with Crippen LogP contribution in [0.25, 0.3) is 15.2 Å². The van der Waals surface area contributed by atoms with Gasteiger partial charge in [-0.2, -0.15) is 4.98 Å². The van der Waals surface area contributed by atoms with Gasteiger partial charge in [0.15, 0.2) is 4.96 Å². The zero-order valence-corrected chi connectivity index (χ0v) is 13.8. The summed E-state index contributed by atoms with van der Waals surface area (Å²) in [6, 6.07) is 5.16. The molecule has 0 saturated heterocycles. The van der Waals surface area contributed by atoms with Gasteiger partial charge < -0.3 is 9.84 Å². The predicted octanol–water partition coefficient (Wildman–Crippen LogP) is 1.89. The van der Waals surface area contributed by atoms with Crippen LogP contribution in [-0.2, 0) is 22.4 Å². The maximum absolute atomic E-state index is 12.2. The van der Waals surface area contributed by atoms with Crippen molar-refractivity contribution in [1.82, 2.24) is 9.38 Å². The van der Waals surface area contributed by atoms with E-state index in [1.807, 2.05) is 0 Å². The molecule has 1 N–H and O–H groups in total. The Morgan fingerprint density at radius 3 is 2.75 bits per heavy atom. The topological polar surface area (TPSA) is 98.0 Å². The van der Waals surface area contributed by atoms with E-state index in [-0.39, 0.29) is 12.1 Å². The van der Waals surface area contributed by atoms with E-state index in [4.69, 9.17) is 9.84 Å². The average Bonchev–Trinajstić information content (AvgIpc) is 2.88. The lowest BCUT2D eigenvalue weighted by Gasteiger charge is -2.08. The molecule has 0 saturated carbocycles. The lowest BCUT2D eigenvalue weighted by molar-refractivity contribution is -0.136. The molecule has 7 nitrogen and oxygen atoms in total. The summed E-state index contributed by atoms with van der Waals surface area (Å²) in [5, 5.41) is 8.92. The summed E-state index contributed by atoms with van der Waals surface area (Å²) in [6.45, 7) is 1.77. The van der Waals surface area contributed by atoms with Crippen molar-refractivity contribution in [3.05, 3.63) is 45.4 Å². The normalized spacial score (nSPS) is 11.1. The van der Waals surface area contributed by atoms with E-state index in [2.05, 4.69) is 4.98 Å². The monoisotopic (exact) mass is 346 g/mol. The number of fused-ring (bicyclic) bond motifs is 3. The van der Waals surface area contributed by atoms with Crippen molar-refractivity contribution in [2.45, 2.75) is 19.8 Å². The van der Waals surface area contributed by atoms with Crippen molar-refractivity contribution in [3.8, 4) is 0 Å². The van der Waals surface area contributed by atoms with Crippen molar-refractivity contribution in [2.24, 2.45) is 0 Å². The van der Waals surface area contributed by atoms with E-state index in [0.717, 1.165) is 4.70 Å². The number of nitrogens with zero attached hydrogens (tertiary/aromatic N) is 2. The quantitative estimate of drug-likeness (QED) is 0.725. The number of esters is 1. The van der Waals surface area contributed by atoms with Gasteiger partial charge in [-0.25, -0.2) is 4.79 Å². The molecule has 8 heteroatoms. The second kappa shape index (κ2) is 6.04. The highest BCUT2D eigenvalue weighted by Crippen LogP contribution is 2.28. The Kier molecular flexibility index (Phi) is 4.06. The minimum Gasteiger partial charge on any atom is -0.481 e. The third-order valence-electron chi connectivity index (χ3n) is 3.71. The van der Waals surface area contributed by atoms with Crippen LogP contribution >= 0.6 is 11.3 Å². The maximum Gasteiger partial charge on any atom is 0.355 e. The second-order valence-electron chi connectivity index (χ2n) is 5.18. The highest BCUT2D eigenvalue weighted by molar-refractivity contribution is 7.23. The molecule has 0 unspecified atom stereocenters. The van der Waals surface area contributed by atoms with Gasteiger partial charge in [0.05, 0.1) is 29.3 Å². The van der Waals surface area contributed by atoms with Gasteiger partial charge in [0.1, 0.15) is 5.69 Å². The van der Waals surface area contributed by atoms with Gasteiger partial charge >= 0.3 is 11.9 Å². The molecule has 2 heterocycles. The lowest BCUT2D eigenvalue weighted by Crippen LogP contribution is -2.22. The average molecular weight is 346 g/mol. The van der Waals surface area contributed by atoms with Gasteiger partial charge in [-0.05, 0) is 24.1 Å². The third-order valence-corrected chi connectivity index (χ3v) is 4.71. The number of ether oxygens (including phenoxy) is 1. The first-order chi connectivity index (χ1) is 11.5. The summed E-state index contributed by atoms with van der Waals surface area (Å²) < 4.78 is 7.19. The number of aromatic nitrogens is 2. The van der Waals surface area contributed by atoms with Crippen LogP contribution < -0.4 is 5.56 Å². The summed E-state index contributed by atoms with van der Waals surface area (Å²) in [5.74, 6) is -1.53. The molecule has 0 fully saturated rings. The molecule has 0 aliphatic rings. The molecule has 3 rings (SSSR count). The predicted molar refractivity (Wildman–Crippen MR) is 88.9 cm³/mol. The van der Waals surface area contributed by atoms with Crippen LogP contribution in [0.3, 0.4) is 0 Å². The van der Waals surface area contributed by atoms with Crippen LogP contribution in [0.4, 0.5) is 0 Å². The standard InChI is InChI=1S/C16H14N2O5S/c1-3-9-13(15(22)23-2)18-10-5-4-8(7-12(19)20)6-11(10)24-16(18)17-14(9)21/h4-6H,3,7H2,1-2H3,(H,19,20). The Morgan fingerprint density at radius 2 is 2.12 bits per heavy atom. The molecule has 0 radical (unpaired) electrons. The number of aliphatic carboxylic acids is 1. The van der Waals surface area contributed by atoms with E-state index in [9.17, 15) is 14.4 Å². The van der Waals surface area contributed by atoms with Crippen molar-refractivity contribution in [1.29, 1.82) is 0 Å². The molecule has 0 bridgehead atoms. The summed E-state index contributed by atoms with van der Waals surface area (Å²) in [6.07, 6.45) is 0.257. The van der Waals surface area contributed by atoms with Crippen molar-refractivity contribution in [2.75, 3.05) is 7.11 Å². The number of carboxylic acid groups (broad SMARTS) is 1. The number of hydrogen-bond donors (Lipinski definition) is 1. The van der Waals surface area contributed by atoms with Gasteiger partial charge in [0.2, 0.25) is 0 Å². The first kappa shape index (κ1) is 16.1. The van der Waals surface area contributed by atoms with Crippen LogP contribution in [0, 0.1) is 0 Å². The Bertz CT molecular complexity index is 1030. The molecule has 0 aliphatic carbocycles. The summed E-state index contributed by atoms with van der Waals surface area (Å²) in [7, 11) is 1.26. The molecular formula is C16H14N2O5S. The molecule has 0 spiro atoms. The fourth-order valence-electron chi connectivity index (χ4n) is 2.67. The molecule has 3 aromatic rings. The minimum atomic E-state index is -0.924. The Balaban J connectivity index is 2.39. The highest BCUT2D eigenvalue weighted by atomic mass is 32.1. The number of hydrogen-bond acceptors (Lipinski definition) is 6.